The van der Waals surface area contributed by atoms with E-state index in [2.05, 4.69) is 17.6 Å². The number of ether oxygens (including phenoxy) is 1. The summed E-state index contributed by atoms with van der Waals surface area (Å²) in [6, 6.07) is 20.4. The lowest BCUT2D eigenvalue weighted by Crippen LogP contribution is -2.28. The number of fused-ring (bicyclic) bond motifs is 3. The van der Waals surface area contributed by atoms with Crippen LogP contribution in [0.1, 0.15) is 28.4 Å². The molecule has 0 atom stereocenters. The second-order valence-corrected chi connectivity index (χ2v) is 7.27. The summed E-state index contributed by atoms with van der Waals surface area (Å²) in [4.78, 5) is 30.7. The van der Waals surface area contributed by atoms with Crippen LogP contribution in [0.2, 0.25) is 0 Å². The van der Waals surface area contributed by atoms with Gasteiger partial charge in [-0.25, -0.2) is 4.79 Å². The summed E-state index contributed by atoms with van der Waals surface area (Å²) in [5, 5.41) is 11.6. The van der Waals surface area contributed by atoms with Crippen LogP contribution in [0.5, 0.6) is 0 Å². The molecule has 1 N–H and O–H groups in total. The number of hydrogen-bond donors (Lipinski definition) is 1. The van der Waals surface area contributed by atoms with Crippen LogP contribution in [0.4, 0.5) is 5.69 Å². The summed E-state index contributed by atoms with van der Waals surface area (Å²) >= 11 is 0. The predicted octanol–water partition coefficient (Wildman–Crippen LogP) is 5.05. The lowest BCUT2D eigenvalue weighted by Gasteiger charge is -2.22. The normalized spacial score (nSPS) is 10.7. The van der Waals surface area contributed by atoms with Gasteiger partial charge in [-0.2, -0.15) is 5.26 Å². The van der Waals surface area contributed by atoms with Crippen LogP contribution in [0.15, 0.2) is 67.2 Å². The zero-order chi connectivity index (χ0) is 22.8. The Labute approximate surface area is 185 Å². The second kappa shape index (κ2) is 8.40. The van der Waals surface area contributed by atoms with Gasteiger partial charge in [0, 0.05) is 28.9 Å². The Morgan fingerprint density at radius 1 is 1.06 bits per heavy atom. The number of carbonyl (C=O) groups is 2. The molecule has 3 aromatic carbocycles. The van der Waals surface area contributed by atoms with E-state index in [4.69, 9.17) is 4.74 Å². The zero-order valence-electron chi connectivity index (χ0n) is 17.8. The quantitative estimate of drug-likeness (QED) is 0.360. The van der Waals surface area contributed by atoms with Gasteiger partial charge in [0.2, 0.25) is 0 Å². The number of nitrogens with one attached hydrogen (secondary N) is 1. The molecule has 0 aliphatic carbocycles. The number of hydrogen-bond acceptors (Lipinski definition) is 4. The van der Waals surface area contributed by atoms with E-state index in [1.165, 1.54) is 4.90 Å². The van der Waals surface area contributed by atoms with Crippen molar-refractivity contribution in [2.24, 2.45) is 0 Å². The van der Waals surface area contributed by atoms with Gasteiger partial charge in [0.25, 0.3) is 5.91 Å². The summed E-state index contributed by atoms with van der Waals surface area (Å²) in [6.07, 6.45) is 0. The van der Waals surface area contributed by atoms with Crippen molar-refractivity contribution in [1.29, 1.82) is 5.26 Å². The van der Waals surface area contributed by atoms with Crippen molar-refractivity contribution in [2.75, 3.05) is 18.6 Å². The molecule has 1 aromatic heterocycles. The van der Waals surface area contributed by atoms with Crippen molar-refractivity contribution in [3.05, 3.63) is 83.9 Å². The number of H-pyrrole nitrogens is 1. The molecule has 0 unspecified atom stereocenters. The monoisotopic (exact) mass is 423 g/mol. The van der Waals surface area contributed by atoms with Crippen LogP contribution < -0.4 is 4.90 Å². The van der Waals surface area contributed by atoms with Crippen LogP contribution in [-0.4, -0.2) is 30.5 Å². The van der Waals surface area contributed by atoms with Gasteiger partial charge in [0.15, 0.2) is 0 Å². The lowest BCUT2D eigenvalue weighted by atomic mass is 9.98. The molecule has 1 heterocycles. The molecular weight excluding hydrogens is 402 g/mol. The zero-order valence-corrected chi connectivity index (χ0v) is 17.8. The van der Waals surface area contributed by atoms with E-state index < -0.39 is 5.97 Å². The smallest absolute Gasteiger partial charge is 0.338 e. The number of aromatic amines is 1. The number of amides is 1. The SMILES string of the molecule is C=C(C(=O)OCC)c1c(C#N)cccc1N(C)C(=O)c1cccc2c1[nH]c1ccccc12. The van der Waals surface area contributed by atoms with Crippen LogP contribution in [0, 0.1) is 11.3 Å². The van der Waals surface area contributed by atoms with E-state index in [9.17, 15) is 14.9 Å². The summed E-state index contributed by atoms with van der Waals surface area (Å²) in [5.41, 5.74) is 3.11. The van der Waals surface area contributed by atoms with Gasteiger partial charge in [-0.05, 0) is 31.2 Å². The second-order valence-electron chi connectivity index (χ2n) is 7.27. The fourth-order valence-corrected chi connectivity index (χ4v) is 3.89. The van der Waals surface area contributed by atoms with Crippen molar-refractivity contribution < 1.29 is 14.3 Å². The Balaban J connectivity index is 1.83. The minimum Gasteiger partial charge on any atom is -0.462 e. The van der Waals surface area contributed by atoms with E-state index >= 15 is 0 Å². The average molecular weight is 423 g/mol. The summed E-state index contributed by atoms with van der Waals surface area (Å²) in [5.74, 6) is -0.912. The molecule has 6 heteroatoms. The van der Waals surface area contributed by atoms with Gasteiger partial charge >= 0.3 is 5.97 Å². The Morgan fingerprint density at radius 2 is 1.78 bits per heavy atom. The van der Waals surface area contributed by atoms with Crippen molar-refractivity contribution in [1.82, 2.24) is 4.98 Å². The van der Waals surface area contributed by atoms with Crippen molar-refractivity contribution in [3.8, 4) is 6.07 Å². The summed E-state index contributed by atoms with van der Waals surface area (Å²) in [7, 11) is 1.61. The molecule has 0 saturated carbocycles. The number of nitrogens with zero attached hydrogens (tertiary/aromatic N) is 2. The molecule has 6 nitrogen and oxygen atoms in total. The number of nitriles is 1. The first-order valence-corrected chi connectivity index (χ1v) is 10.1. The van der Waals surface area contributed by atoms with Crippen LogP contribution in [0.25, 0.3) is 27.4 Å². The fraction of sp³-hybridized carbons (Fsp3) is 0.115. The van der Waals surface area contributed by atoms with Crippen LogP contribution in [-0.2, 0) is 9.53 Å². The lowest BCUT2D eigenvalue weighted by molar-refractivity contribution is -0.136. The molecule has 0 aliphatic rings. The first-order valence-electron chi connectivity index (χ1n) is 10.1. The molecule has 32 heavy (non-hydrogen) atoms. The first-order chi connectivity index (χ1) is 15.5. The van der Waals surface area contributed by atoms with Gasteiger partial charge < -0.3 is 14.6 Å². The fourth-order valence-electron chi connectivity index (χ4n) is 3.89. The van der Waals surface area contributed by atoms with Crippen molar-refractivity contribution in [3.63, 3.8) is 0 Å². The maximum Gasteiger partial charge on any atom is 0.338 e. The van der Waals surface area contributed by atoms with Gasteiger partial charge in [-0.15, -0.1) is 0 Å². The highest BCUT2D eigenvalue weighted by Gasteiger charge is 2.25. The van der Waals surface area contributed by atoms with Gasteiger partial charge in [0.1, 0.15) is 0 Å². The van der Waals surface area contributed by atoms with E-state index in [1.807, 2.05) is 36.4 Å². The number of benzene rings is 3. The number of anilines is 1. The molecule has 0 spiro atoms. The molecule has 0 fully saturated rings. The molecule has 158 valence electrons. The minimum atomic E-state index is -0.630. The third-order valence-corrected chi connectivity index (χ3v) is 5.42. The van der Waals surface area contributed by atoms with Gasteiger partial charge in [-0.1, -0.05) is 43.0 Å². The highest BCUT2D eigenvalue weighted by molar-refractivity contribution is 6.22. The first kappa shape index (κ1) is 20.9. The molecule has 0 aliphatic heterocycles. The van der Waals surface area contributed by atoms with Gasteiger partial charge in [-0.3, -0.25) is 4.79 Å². The minimum absolute atomic E-state index is 0.0301. The molecule has 0 bridgehead atoms. The molecule has 4 aromatic rings. The van der Waals surface area contributed by atoms with E-state index in [1.54, 1.807) is 38.2 Å². The third-order valence-electron chi connectivity index (χ3n) is 5.42. The van der Waals surface area contributed by atoms with E-state index in [-0.39, 0.29) is 29.2 Å². The molecule has 4 rings (SSSR count). The topological polar surface area (TPSA) is 86.2 Å². The summed E-state index contributed by atoms with van der Waals surface area (Å²) in [6.45, 7) is 5.71. The van der Waals surface area contributed by atoms with Crippen molar-refractivity contribution >= 4 is 44.9 Å². The highest BCUT2D eigenvalue weighted by Crippen LogP contribution is 2.33. The number of carbonyl (C=O) groups excluding carboxylic acids is 2. The number of esters is 1. The Morgan fingerprint density at radius 3 is 2.53 bits per heavy atom. The Hall–Kier alpha value is -4.37. The molecule has 0 saturated heterocycles. The molecule has 0 radical (unpaired) electrons. The maximum atomic E-state index is 13.6. The number of para-hydroxylation sites is 2. The third kappa shape index (κ3) is 3.40. The van der Waals surface area contributed by atoms with E-state index in [0.717, 1.165) is 21.8 Å². The molecule has 1 amide bonds. The average Bonchev–Trinajstić information content (AvgIpc) is 3.21. The van der Waals surface area contributed by atoms with Crippen LogP contribution in [0.3, 0.4) is 0 Å². The van der Waals surface area contributed by atoms with E-state index in [0.29, 0.717) is 11.3 Å². The highest BCUT2D eigenvalue weighted by atomic mass is 16.5. The number of rotatable bonds is 5. The van der Waals surface area contributed by atoms with Crippen LogP contribution >= 0.6 is 0 Å². The number of aromatic nitrogens is 1. The Bertz CT molecular complexity index is 1430. The van der Waals surface area contributed by atoms with Gasteiger partial charge in [0.05, 0.1) is 40.6 Å². The molecular formula is C26H21N3O3. The van der Waals surface area contributed by atoms with Crippen molar-refractivity contribution in [2.45, 2.75) is 6.92 Å². The summed E-state index contributed by atoms with van der Waals surface area (Å²) < 4.78 is 5.07. The standard InChI is InChI=1S/C26H21N3O3/c1-4-32-26(31)16(2)23-17(15-27)9-7-14-22(23)29(3)25(30)20-12-8-11-19-18-10-5-6-13-21(18)28-24(19)20/h5-14,28H,2,4H2,1,3H3. The predicted molar refractivity (Wildman–Crippen MR) is 125 cm³/mol. The largest absolute Gasteiger partial charge is 0.462 e. The Kier molecular flexibility index (Phi) is 5.48. The maximum absolute atomic E-state index is 13.6.